The Bertz CT molecular complexity index is 851. The number of benzene rings is 3. The van der Waals surface area contributed by atoms with Gasteiger partial charge in [-0.3, -0.25) is 0 Å². The number of anilines is 1. The van der Waals surface area contributed by atoms with E-state index in [2.05, 4.69) is 35.6 Å². The second kappa shape index (κ2) is 11.8. The smallest absolute Gasteiger partial charge is 0.124 e. The van der Waals surface area contributed by atoms with Crippen molar-refractivity contribution in [3.8, 4) is 11.5 Å². The van der Waals surface area contributed by atoms with Gasteiger partial charge in [0, 0.05) is 36.9 Å². The first-order valence-corrected chi connectivity index (χ1v) is 10.1. The SMILES string of the molecule is CCOCCOc1ccccc1CNc1cccc(OCCc2ccccc2)c1. The Morgan fingerprint density at radius 3 is 2.45 bits per heavy atom. The van der Waals surface area contributed by atoms with Crippen LogP contribution in [-0.2, 0) is 17.7 Å². The van der Waals surface area contributed by atoms with Crippen LogP contribution < -0.4 is 14.8 Å². The largest absolute Gasteiger partial charge is 0.493 e. The molecule has 0 aliphatic heterocycles. The van der Waals surface area contributed by atoms with Crippen molar-refractivity contribution >= 4 is 5.69 Å². The number of nitrogens with one attached hydrogen (secondary N) is 1. The van der Waals surface area contributed by atoms with Crippen LogP contribution in [0.5, 0.6) is 11.5 Å². The van der Waals surface area contributed by atoms with Gasteiger partial charge in [-0.05, 0) is 30.7 Å². The average molecular weight is 392 g/mol. The third kappa shape index (κ3) is 7.16. The Morgan fingerprint density at radius 2 is 1.59 bits per heavy atom. The predicted octanol–water partition coefficient (Wildman–Crippen LogP) is 5.34. The summed E-state index contributed by atoms with van der Waals surface area (Å²) in [5.41, 5.74) is 3.41. The number of hydrogen-bond acceptors (Lipinski definition) is 4. The van der Waals surface area contributed by atoms with Gasteiger partial charge in [-0.25, -0.2) is 0 Å². The highest BCUT2D eigenvalue weighted by atomic mass is 16.5. The molecule has 3 rings (SSSR count). The maximum absolute atomic E-state index is 5.92. The van der Waals surface area contributed by atoms with E-state index in [1.54, 1.807) is 0 Å². The zero-order valence-electron chi connectivity index (χ0n) is 17.0. The monoisotopic (exact) mass is 391 g/mol. The highest BCUT2D eigenvalue weighted by Gasteiger charge is 2.04. The molecule has 4 nitrogen and oxygen atoms in total. The molecule has 0 fully saturated rings. The minimum atomic E-state index is 0.551. The molecular formula is C25H29NO3. The van der Waals surface area contributed by atoms with Crippen molar-refractivity contribution in [2.75, 3.05) is 31.7 Å². The lowest BCUT2D eigenvalue weighted by molar-refractivity contribution is 0.110. The van der Waals surface area contributed by atoms with Crippen LogP contribution in [0.1, 0.15) is 18.1 Å². The molecule has 29 heavy (non-hydrogen) atoms. The molecule has 3 aromatic rings. The maximum Gasteiger partial charge on any atom is 0.124 e. The third-order valence-corrected chi connectivity index (χ3v) is 4.48. The summed E-state index contributed by atoms with van der Waals surface area (Å²) < 4.78 is 17.1. The van der Waals surface area contributed by atoms with E-state index in [9.17, 15) is 0 Å². The van der Waals surface area contributed by atoms with E-state index in [0.717, 1.165) is 29.2 Å². The van der Waals surface area contributed by atoms with Crippen LogP contribution in [-0.4, -0.2) is 26.4 Å². The second-order valence-corrected chi connectivity index (χ2v) is 6.62. The van der Waals surface area contributed by atoms with E-state index in [-0.39, 0.29) is 0 Å². The minimum absolute atomic E-state index is 0.551. The fraction of sp³-hybridized carbons (Fsp3) is 0.280. The average Bonchev–Trinajstić information content (AvgIpc) is 2.77. The molecule has 1 N–H and O–H groups in total. The summed E-state index contributed by atoms with van der Waals surface area (Å²) in [7, 11) is 0. The maximum atomic E-state index is 5.92. The van der Waals surface area contributed by atoms with Crippen molar-refractivity contribution in [1.82, 2.24) is 0 Å². The Morgan fingerprint density at radius 1 is 0.759 bits per heavy atom. The lowest BCUT2D eigenvalue weighted by Crippen LogP contribution is -2.09. The summed E-state index contributed by atoms with van der Waals surface area (Å²) in [6, 6.07) is 26.5. The quantitative estimate of drug-likeness (QED) is 0.423. The number of para-hydroxylation sites is 1. The van der Waals surface area contributed by atoms with Gasteiger partial charge in [0.15, 0.2) is 0 Å². The van der Waals surface area contributed by atoms with Crippen molar-refractivity contribution in [2.45, 2.75) is 19.9 Å². The van der Waals surface area contributed by atoms with Crippen LogP contribution in [0.25, 0.3) is 0 Å². The zero-order valence-corrected chi connectivity index (χ0v) is 17.0. The van der Waals surface area contributed by atoms with Crippen molar-refractivity contribution in [3.63, 3.8) is 0 Å². The van der Waals surface area contributed by atoms with Gasteiger partial charge in [0.2, 0.25) is 0 Å². The molecule has 0 spiro atoms. The van der Waals surface area contributed by atoms with Gasteiger partial charge < -0.3 is 19.5 Å². The molecule has 0 aliphatic rings. The van der Waals surface area contributed by atoms with Crippen LogP contribution >= 0.6 is 0 Å². The Hall–Kier alpha value is -2.98. The molecule has 0 radical (unpaired) electrons. The van der Waals surface area contributed by atoms with Crippen LogP contribution in [0, 0.1) is 0 Å². The van der Waals surface area contributed by atoms with E-state index in [1.165, 1.54) is 5.56 Å². The van der Waals surface area contributed by atoms with Gasteiger partial charge in [-0.15, -0.1) is 0 Å². The highest BCUT2D eigenvalue weighted by molar-refractivity contribution is 5.49. The molecule has 3 aromatic carbocycles. The van der Waals surface area contributed by atoms with Gasteiger partial charge in [-0.1, -0.05) is 54.6 Å². The van der Waals surface area contributed by atoms with Gasteiger partial charge in [0.25, 0.3) is 0 Å². The predicted molar refractivity (Wildman–Crippen MR) is 118 cm³/mol. The first-order chi connectivity index (χ1) is 14.3. The number of ether oxygens (including phenoxy) is 3. The zero-order chi connectivity index (χ0) is 20.2. The lowest BCUT2D eigenvalue weighted by Gasteiger charge is -2.13. The van der Waals surface area contributed by atoms with Crippen molar-refractivity contribution in [2.24, 2.45) is 0 Å². The molecule has 0 atom stereocenters. The molecule has 0 bridgehead atoms. The Kier molecular flexibility index (Phi) is 8.42. The minimum Gasteiger partial charge on any atom is -0.493 e. The summed E-state index contributed by atoms with van der Waals surface area (Å²) in [4.78, 5) is 0. The second-order valence-electron chi connectivity index (χ2n) is 6.62. The summed E-state index contributed by atoms with van der Waals surface area (Å²) in [5.74, 6) is 1.75. The van der Waals surface area contributed by atoms with Gasteiger partial charge in [0.1, 0.15) is 18.1 Å². The number of rotatable bonds is 12. The fourth-order valence-electron chi connectivity index (χ4n) is 2.97. The van der Waals surface area contributed by atoms with Crippen LogP contribution in [0.3, 0.4) is 0 Å². The summed E-state index contributed by atoms with van der Waals surface area (Å²) in [5, 5.41) is 3.46. The Labute approximate surface area is 173 Å². The van der Waals surface area contributed by atoms with Crippen molar-refractivity contribution in [3.05, 3.63) is 90.0 Å². The molecule has 0 heterocycles. The normalized spacial score (nSPS) is 10.5. The fourth-order valence-corrected chi connectivity index (χ4v) is 2.97. The van der Waals surface area contributed by atoms with E-state index in [4.69, 9.17) is 14.2 Å². The first kappa shape index (κ1) is 20.7. The third-order valence-electron chi connectivity index (χ3n) is 4.48. The molecule has 0 aromatic heterocycles. The van der Waals surface area contributed by atoms with Gasteiger partial charge >= 0.3 is 0 Å². The van der Waals surface area contributed by atoms with E-state index < -0.39 is 0 Å². The molecule has 0 aliphatic carbocycles. The van der Waals surface area contributed by atoms with Crippen LogP contribution in [0.15, 0.2) is 78.9 Å². The van der Waals surface area contributed by atoms with E-state index in [1.807, 2.05) is 55.5 Å². The van der Waals surface area contributed by atoms with Crippen LogP contribution in [0.4, 0.5) is 5.69 Å². The molecule has 0 saturated carbocycles. The standard InChI is InChI=1S/C25H29NO3/c1-2-27-17-18-29-25-14-7-6-11-22(25)20-26-23-12-8-13-24(19-23)28-16-15-21-9-4-3-5-10-21/h3-14,19,26H,2,15-18,20H2,1H3. The van der Waals surface area contributed by atoms with Crippen LogP contribution in [0.2, 0.25) is 0 Å². The topological polar surface area (TPSA) is 39.7 Å². The number of hydrogen-bond donors (Lipinski definition) is 1. The van der Waals surface area contributed by atoms with E-state index in [0.29, 0.717) is 33.0 Å². The summed E-state index contributed by atoms with van der Waals surface area (Å²) in [6.07, 6.45) is 0.894. The molecule has 4 heteroatoms. The Balaban J connectivity index is 1.50. The van der Waals surface area contributed by atoms with Crippen molar-refractivity contribution < 1.29 is 14.2 Å². The molecular weight excluding hydrogens is 362 g/mol. The van der Waals surface area contributed by atoms with Gasteiger partial charge in [0.05, 0.1) is 13.2 Å². The molecule has 0 unspecified atom stereocenters. The molecule has 0 amide bonds. The molecule has 0 saturated heterocycles. The summed E-state index contributed by atoms with van der Waals surface area (Å²) >= 11 is 0. The highest BCUT2D eigenvalue weighted by Crippen LogP contribution is 2.22. The lowest BCUT2D eigenvalue weighted by atomic mass is 10.2. The van der Waals surface area contributed by atoms with E-state index >= 15 is 0 Å². The molecule has 152 valence electrons. The van der Waals surface area contributed by atoms with Crippen molar-refractivity contribution in [1.29, 1.82) is 0 Å². The first-order valence-electron chi connectivity index (χ1n) is 10.1. The summed E-state index contributed by atoms with van der Waals surface area (Å²) in [6.45, 7) is 5.17. The van der Waals surface area contributed by atoms with Gasteiger partial charge in [-0.2, -0.15) is 0 Å².